The maximum atomic E-state index is 5.34. The number of ether oxygens (including phenoxy) is 1. The van der Waals surface area contributed by atoms with Crippen LogP contribution in [0.15, 0.2) is 41.4 Å². The zero-order chi connectivity index (χ0) is 13.5. The standard InChI is InChI=1S/C14H18BrN3O.ClH/c1-19-14-4-3-13(15)9-12(14)10-16-5-2-7-18-8-6-17-11-18;/h3-4,6,8-9,11,16H,2,5,7,10H2,1H3;1H/p-1. The Morgan fingerprint density at radius 3 is 2.95 bits per heavy atom. The number of halogens is 2. The first kappa shape index (κ1) is 17.0. The second-order valence-corrected chi connectivity index (χ2v) is 5.20. The number of hydrogen-bond acceptors (Lipinski definition) is 3. The molecule has 0 atom stereocenters. The van der Waals surface area contributed by atoms with Crippen molar-refractivity contribution in [2.75, 3.05) is 13.7 Å². The number of aromatic nitrogens is 2. The molecule has 1 N–H and O–H groups in total. The van der Waals surface area contributed by atoms with Gasteiger partial charge in [-0.25, -0.2) is 4.98 Å². The van der Waals surface area contributed by atoms with Crippen LogP contribution in [-0.4, -0.2) is 23.2 Å². The molecule has 0 spiro atoms. The fourth-order valence-corrected chi connectivity index (χ4v) is 2.32. The van der Waals surface area contributed by atoms with Crippen LogP contribution in [0.3, 0.4) is 0 Å². The highest BCUT2D eigenvalue weighted by Crippen LogP contribution is 2.22. The lowest BCUT2D eigenvalue weighted by Gasteiger charge is -2.10. The number of imidazole rings is 1. The summed E-state index contributed by atoms with van der Waals surface area (Å²) in [4.78, 5) is 4.02. The highest BCUT2D eigenvalue weighted by molar-refractivity contribution is 9.10. The van der Waals surface area contributed by atoms with Crippen molar-refractivity contribution in [1.82, 2.24) is 14.9 Å². The van der Waals surface area contributed by atoms with E-state index in [4.69, 9.17) is 4.74 Å². The van der Waals surface area contributed by atoms with Crippen LogP contribution in [0.25, 0.3) is 0 Å². The molecule has 0 fully saturated rings. The van der Waals surface area contributed by atoms with E-state index in [9.17, 15) is 0 Å². The normalized spacial score (nSPS) is 10.1. The van der Waals surface area contributed by atoms with Gasteiger partial charge in [0.05, 0.1) is 13.4 Å². The molecular weight excluding hydrogens is 342 g/mol. The molecule has 6 heteroatoms. The van der Waals surface area contributed by atoms with Crippen molar-refractivity contribution in [2.45, 2.75) is 19.5 Å². The largest absolute Gasteiger partial charge is 1.00 e. The molecule has 110 valence electrons. The molecule has 0 unspecified atom stereocenters. The molecule has 0 bridgehead atoms. The third kappa shape index (κ3) is 5.15. The van der Waals surface area contributed by atoms with Crippen LogP contribution < -0.4 is 22.5 Å². The third-order valence-electron chi connectivity index (χ3n) is 2.89. The van der Waals surface area contributed by atoms with Crippen LogP contribution in [0.4, 0.5) is 0 Å². The molecule has 1 aromatic carbocycles. The molecule has 4 nitrogen and oxygen atoms in total. The van der Waals surface area contributed by atoms with E-state index in [0.717, 1.165) is 36.3 Å². The van der Waals surface area contributed by atoms with Crippen molar-refractivity contribution in [1.29, 1.82) is 0 Å². The average molecular weight is 360 g/mol. The SMILES string of the molecule is COc1ccc(Br)cc1CNCCCn1ccnc1.[Cl-]. The Labute approximate surface area is 134 Å². The van der Waals surface area contributed by atoms with Crippen LogP contribution in [0.2, 0.25) is 0 Å². The van der Waals surface area contributed by atoms with Gasteiger partial charge in [-0.3, -0.25) is 0 Å². The zero-order valence-corrected chi connectivity index (χ0v) is 13.7. The minimum atomic E-state index is 0. The Morgan fingerprint density at radius 1 is 1.40 bits per heavy atom. The topological polar surface area (TPSA) is 39.1 Å². The van der Waals surface area contributed by atoms with Gasteiger partial charge in [0.25, 0.3) is 0 Å². The minimum Gasteiger partial charge on any atom is -1.00 e. The highest BCUT2D eigenvalue weighted by atomic mass is 79.9. The van der Waals surface area contributed by atoms with Crippen LogP contribution in [0.1, 0.15) is 12.0 Å². The molecule has 0 amide bonds. The van der Waals surface area contributed by atoms with E-state index in [1.807, 2.05) is 24.7 Å². The lowest BCUT2D eigenvalue weighted by molar-refractivity contribution is -0.00000417. The fraction of sp³-hybridized carbons (Fsp3) is 0.357. The maximum Gasteiger partial charge on any atom is 0.123 e. The summed E-state index contributed by atoms with van der Waals surface area (Å²) in [6.45, 7) is 2.77. The van der Waals surface area contributed by atoms with Gasteiger partial charge >= 0.3 is 0 Å². The number of nitrogens with zero attached hydrogens (tertiary/aromatic N) is 2. The van der Waals surface area contributed by atoms with Crippen molar-refractivity contribution in [2.24, 2.45) is 0 Å². The first-order valence-electron chi connectivity index (χ1n) is 6.28. The molecule has 0 aliphatic rings. The number of hydrogen-bond donors (Lipinski definition) is 1. The summed E-state index contributed by atoms with van der Waals surface area (Å²) < 4.78 is 8.50. The molecule has 1 aromatic heterocycles. The summed E-state index contributed by atoms with van der Waals surface area (Å²) in [6, 6.07) is 6.05. The highest BCUT2D eigenvalue weighted by Gasteiger charge is 2.02. The van der Waals surface area contributed by atoms with Gasteiger partial charge < -0.3 is 27.0 Å². The van der Waals surface area contributed by atoms with Gasteiger partial charge in [0.1, 0.15) is 5.75 Å². The molecule has 20 heavy (non-hydrogen) atoms. The summed E-state index contributed by atoms with van der Waals surface area (Å²) >= 11 is 3.48. The Kier molecular flexibility index (Phi) is 7.65. The summed E-state index contributed by atoms with van der Waals surface area (Å²) in [5.74, 6) is 0.922. The van der Waals surface area contributed by atoms with Gasteiger partial charge in [0.15, 0.2) is 0 Å². The minimum absolute atomic E-state index is 0. The van der Waals surface area contributed by atoms with E-state index < -0.39 is 0 Å². The summed E-state index contributed by atoms with van der Waals surface area (Å²) in [5, 5.41) is 3.43. The lowest BCUT2D eigenvalue weighted by Crippen LogP contribution is -3.00. The van der Waals surface area contributed by atoms with Crippen LogP contribution in [0, 0.1) is 0 Å². The molecular formula is C14H18BrClN3O-. The maximum absolute atomic E-state index is 5.34. The summed E-state index contributed by atoms with van der Waals surface area (Å²) in [5.41, 5.74) is 1.17. The van der Waals surface area contributed by atoms with Crippen molar-refractivity contribution in [3.05, 3.63) is 47.0 Å². The predicted octanol–water partition coefficient (Wildman–Crippen LogP) is -0.162. The number of rotatable bonds is 7. The van der Waals surface area contributed by atoms with Crippen molar-refractivity contribution in [3.63, 3.8) is 0 Å². The second-order valence-electron chi connectivity index (χ2n) is 4.29. The van der Waals surface area contributed by atoms with E-state index in [0.29, 0.717) is 0 Å². The number of aryl methyl sites for hydroxylation is 1. The average Bonchev–Trinajstić information content (AvgIpc) is 2.92. The first-order chi connectivity index (χ1) is 9.29. The van der Waals surface area contributed by atoms with Gasteiger partial charge in [-0.2, -0.15) is 0 Å². The van der Waals surface area contributed by atoms with E-state index >= 15 is 0 Å². The summed E-state index contributed by atoms with van der Waals surface area (Å²) in [7, 11) is 1.70. The number of nitrogens with one attached hydrogen (secondary N) is 1. The quantitative estimate of drug-likeness (QED) is 0.698. The van der Waals surface area contributed by atoms with E-state index in [1.54, 1.807) is 13.3 Å². The predicted molar refractivity (Wildman–Crippen MR) is 79.2 cm³/mol. The van der Waals surface area contributed by atoms with Gasteiger partial charge in [-0.1, -0.05) is 15.9 Å². The van der Waals surface area contributed by atoms with E-state index in [-0.39, 0.29) is 12.4 Å². The molecule has 0 saturated carbocycles. The monoisotopic (exact) mass is 358 g/mol. The van der Waals surface area contributed by atoms with Crippen LogP contribution >= 0.6 is 15.9 Å². The van der Waals surface area contributed by atoms with Crippen LogP contribution in [-0.2, 0) is 13.1 Å². The van der Waals surface area contributed by atoms with Gasteiger partial charge in [-0.05, 0) is 31.2 Å². The number of benzene rings is 1. The molecule has 1 heterocycles. The zero-order valence-electron chi connectivity index (χ0n) is 11.4. The van der Waals surface area contributed by atoms with Gasteiger partial charge in [-0.15, -0.1) is 0 Å². The number of methoxy groups -OCH3 is 1. The van der Waals surface area contributed by atoms with Crippen LogP contribution in [0.5, 0.6) is 5.75 Å². The molecule has 0 radical (unpaired) electrons. The van der Waals surface area contributed by atoms with E-state index in [1.165, 1.54) is 5.56 Å². The molecule has 0 aliphatic heterocycles. The second kappa shape index (κ2) is 9.00. The van der Waals surface area contributed by atoms with Gasteiger partial charge in [0, 0.05) is 35.5 Å². The molecule has 2 rings (SSSR count). The smallest absolute Gasteiger partial charge is 0.123 e. The van der Waals surface area contributed by atoms with Crippen molar-refractivity contribution >= 4 is 15.9 Å². The van der Waals surface area contributed by atoms with Crippen molar-refractivity contribution < 1.29 is 17.1 Å². The molecule has 2 aromatic rings. The summed E-state index contributed by atoms with van der Waals surface area (Å²) in [6.07, 6.45) is 6.71. The molecule has 0 aliphatic carbocycles. The van der Waals surface area contributed by atoms with E-state index in [2.05, 4.69) is 36.9 Å². The van der Waals surface area contributed by atoms with Gasteiger partial charge in [0.2, 0.25) is 0 Å². The first-order valence-corrected chi connectivity index (χ1v) is 7.08. The fourth-order valence-electron chi connectivity index (χ4n) is 1.91. The Bertz CT molecular complexity index is 505. The van der Waals surface area contributed by atoms with Crippen molar-refractivity contribution in [3.8, 4) is 5.75 Å². The Balaban J connectivity index is 0.00000200. The third-order valence-corrected chi connectivity index (χ3v) is 3.38. The Hall–Kier alpha value is -1.04. The lowest BCUT2D eigenvalue weighted by atomic mass is 10.2. The Morgan fingerprint density at radius 2 is 2.25 bits per heavy atom. The molecule has 0 saturated heterocycles.